The molecule has 0 spiro atoms. The van der Waals surface area contributed by atoms with Gasteiger partial charge in [-0.2, -0.15) is 0 Å². The summed E-state index contributed by atoms with van der Waals surface area (Å²) in [5, 5.41) is 2.98. The lowest BCUT2D eigenvalue weighted by Crippen LogP contribution is -2.13. The summed E-state index contributed by atoms with van der Waals surface area (Å²) in [7, 11) is 3.99. The van der Waals surface area contributed by atoms with Crippen LogP contribution in [0.15, 0.2) is 60.7 Å². The first-order valence-electron chi connectivity index (χ1n) is 13.5. The van der Waals surface area contributed by atoms with Crippen molar-refractivity contribution in [3.63, 3.8) is 0 Å². The van der Waals surface area contributed by atoms with Crippen LogP contribution >= 0.6 is 0 Å². The Hall–Kier alpha value is -4.00. The van der Waals surface area contributed by atoms with Crippen molar-refractivity contribution in [3.05, 3.63) is 82.9 Å². The zero-order chi connectivity index (χ0) is 28.2. The summed E-state index contributed by atoms with van der Waals surface area (Å²) in [5.41, 5.74) is 5.39. The van der Waals surface area contributed by atoms with Crippen molar-refractivity contribution in [2.45, 2.75) is 53.1 Å². The minimum Gasteiger partial charge on any atom is -0.491 e. The highest BCUT2D eigenvalue weighted by molar-refractivity contribution is 6.05. The minimum absolute atomic E-state index is 0.160. The fraction of sp³-hybridized carbons (Fsp3) is 0.375. The first kappa shape index (κ1) is 29.6. The number of aryl methyl sites for hydroxylation is 2. The Morgan fingerprint density at radius 3 is 2.26 bits per heavy atom. The maximum absolute atomic E-state index is 13.0. The fourth-order valence-electron chi connectivity index (χ4n) is 4.02. The molecule has 0 bridgehead atoms. The molecule has 0 radical (unpaired) electrons. The van der Waals surface area contributed by atoms with Crippen molar-refractivity contribution in [2.24, 2.45) is 0 Å². The summed E-state index contributed by atoms with van der Waals surface area (Å²) in [6, 6.07) is 19.2. The Balaban J connectivity index is 1.53. The number of benzene rings is 3. The number of unbranched alkanes of at least 4 members (excludes halogenated alkanes) is 2. The number of amides is 1. The number of hydrogen-bond donors (Lipinski definition) is 1. The monoisotopic (exact) mass is 532 g/mol. The van der Waals surface area contributed by atoms with Gasteiger partial charge in [-0.1, -0.05) is 24.3 Å². The van der Waals surface area contributed by atoms with Gasteiger partial charge in [0, 0.05) is 26.1 Å². The number of esters is 1. The van der Waals surface area contributed by atoms with E-state index in [2.05, 4.69) is 18.3 Å². The molecule has 7 heteroatoms. The first-order valence-corrected chi connectivity index (χ1v) is 13.5. The van der Waals surface area contributed by atoms with Crippen LogP contribution in [0.5, 0.6) is 11.5 Å². The van der Waals surface area contributed by atoms with Crippen molar-refractivity contribution < 1.29 is 23.8 Å². The van der Waals surface area contributed by atoms with Gasteiger partial charge < -0.3 is 24.4 Å². The van der Waals surface area contributed by atoms with E-state index < -0.39 is 0 Å². The summed E-state index contributed by atoms with van der Waals surface area (Å²) in [5.74, 6) is 1.08. The quantitative estimate of drug-likeness (QED) is 0.184. The number of hydrogen-bond acceptors (Lipinski definition) is 6. The highest BCUT2D eigenvalue weighted by atomic mass is 16.5. The van der Waals surface area contributed by atoms with Crippen molar-refractivity contribution in [1.82, 2.24) is 0 Å². The van der Waals surface area contributed by atoms with Crippen molar-refractivity contribution >= 4 is 23.3 Å². The van der Waals surface area contributed by atoms with Crippen LogP contribution in [-0.4, -0.2) is 39.2 Å². The Kier molecular flexibility index (Phi) is 11.2. The summed E-state index contributed by atoms with van der Waals surface area (Å²) in [6.45, 7) is 7.16. The molecule has 0 heterocycles. The largest absolute Gasteiger partial charge is 0.491 e. The topological polar surface area (TPSA) is 77.1 Å². The maximum atomic E-state index is 13.0. The molecule has 0 aliphatic heterocycles. The third-order valence-electron chi connectivity index (χ3n) is 6.18. The van der Waals surface area contributed by atoms with E-state index in [1.165, 1.54) is 5.56 Å². The number of carbonyl (C=O) groups excluding carboxylic acids is 2. The summed E-state index contributed by atoms with van der Waals surface area (Å²) in [4.78, 5) is 26.5. The van der Waals surface area contributed by atoms with Crippen LogP contribution in [0.2, 0.25) is 0 Å². The molecular formula is C32H40N2O5. The molecule has 7 nitrogen and oxygen atoms in total. The molecule has 0 aliphatic carbocycles. The van der Waals surface area contributed by atoms with Gasteiger partial charge in [0.15, 0.2) is 0 Å². The lowest BCUT2D eigenvalue weighted by atomic mass is 10.1. The van der Waals surface area contributed by atoms with Gasteiger partial charge in [-0.25, -0.2) is 0 Å². The number of ether oxygens (including phenoxy) is 3. The van der Waals surface area contributed by atoms with E-state index in [4.69, 9.17) is 14.2 Å². The van der Waals surface area contributed by atoms with E-state index in [0.717, 1.165) is 41.8 Å². The zero-order valence-electron chi connectivity index (χ0n) is 23.7. The molecule has 0 saturated heterocycles. The minimum atomic E-state index is -0.209. The van der Waals surface area contributed by atoms with Gasteiger partial charge in [-0.3, -0.25) is 9.59 Å². The predicted octanol–water partition coefficient (Wildman–Crippen LogP) is 6.70. The molecule has 3 aromatic rings. The SMILES string of the molecule is CCOC(=O)CCCCCOc1cc(C)ccc1NC(=O)c1ccc(COc2ccc(C)cc2N(C)C)cc1. The van der Waals surface area contributed by atoms with Crippen molar-refractivity contribution in [3.8, 4) is 11.5 Å². The van der Waals surface area contributed by atoms with Gasteiger partial charge >= 0.3 is 5.97 Å². The van der Waals surface area contributed by atoms with Crippen LogP contribution in [0, 0.1) is 13.8 Å². The Labute approximate surface area is 232 Å². The molecule has 1 N–H and O–H groups in total. The lowest BCUT2D eigenvalue weighted by molar-refractivity contribution is -0.143. The third-order valence-corrected chi connectivity index (χ3v) is 6.18. The molecular weight excluding hydrogens is 492 g/mol. The molecule has 0 saturated carbocycles. The second-order valence-electron chi connectivity index (χ2n) is 9.77. The van der Waals surface area contributed by atoms with Gasteiger partial charge in [-0.15, -0.1) is 0 Å². The van der Waals surface area contributed by atoms with Crippen molar-refractivity contribution in [1.29, 1.82) is 0 Å². The molecule has 0 unspecified atom stereocenters. The molecule has 0 atom stereocenters. The molecule has 39 heavy (non-hydrogen) atoms. The standard InChI is InChI=1S/C32H40N2O5/c1-6-37-31(35)10-8-7-9-19-38-30-21-24(3)11-17-27(30)33-32(36)26-15-13-25(14-16-26)22-39-29-18-12-23(2)20-28(29)34(4)5/h11-18,20-21H,6-10,19,22H2,1-5H3,(H,33,36). The molecule has 208 valence electrons. The normalized spacial score (nSPS) is 10.6. The molecule has 0 fully saturated rings. The smallest absolute Gasteiger partial charge is 0.305 e. The Bertz CT molecular complexity index is 1240. The predicted molar refractivity (Wildman–Crippen MR) is 156 cm³/mol. The lowest BCUT2D eigenvalue weighted by Gasteiger charge is -2.18. The van der Waals surface area contributed by atoms with Gasteiger partial charge in [0.25, 0.3) is 5.91 Å². The number of nitrogens with zero attached hydrogens (tertiary/aromatic N) is 1. The highest BCUT2D eigenvalue weighted by Crippen LogP contribution is 2.29. The average Bonchev–Trinajstić information content (AvgIpc) is 2.91. The Morgan fingerprint density at radius 1 is 0.821 bits per heavy atom. The number of rotatable bonds is 14. The van der Waals surface area contributed by atoms with E-state index in [-0.39, 0.29) is 11.9 Å². The fourth-order valence-corrected chi connectivity index (χ4v) is 4.02. The van der Waals surface area contributed by atoms with E-state index in [9.17, 15) is 9.59 Å². The highest BCUT2D eigenvalue weighted by Gasteiger charge is 2.12. The van der Waals surface area contributed by atoms with Gasteiger partial charge in [0.05, 0.1) is 24.6 Å². The van der Waals surface area contributed by atoms with Gasteiger partial charge in [-0.05, 0) is 93.1 Å². The van der Waals surface area contributed by atoms with E-state index in [1.54, 1.807) is 12.1 Å². The van der Waals surface area contributed by atoms with Crippen LogP contribution in [0.25, 0.3) is 0 Å². The van der Waals surface area contributed by atoms with Crippen LogP contribution < -0.4 is 19.7 Å². The van der Waals surface area contributed by atoms with Crippen LogP contribution in [0.4, 0.5) is 11.4 Å². The summed E-state index contributed by atoms with van der Waals surface area (Å²) in [6.07, 6.45) is 2.86. The van der Waals surface area contributed by atoms with E-state index in [1.807, 2.05) is 75.3 Å². The number of nitrogens with one attached hydrogen (secondary N) is 1. The third kappa shape index (κ3) is 9.36. The van der Waals surface area contributed by atoms with Crippen LogP contribution in [-0.2, 0) is 16.1 Å². The van der Waals surface area contributed by atoms with Crippen LogP contribution in [0.1, 0.15) is 59.7 Å². The molecule has 3 aromatic carbocycles. The Morgan fingerprint density at radius 2 is 1.54 bits per heavy atom. The zero-order valence-corrected chi connectivity index (χ0v) is 23.7. The number of carbonyl (C=O) groups is 2. The van der Waals surface area contributed by atoms with E-state index in [0.29, 0.717) is 43.2 Å². The summed E-state index contributed by atoms with van der Waals surface area (Å²) >= 11 is 0. The second kappa shape index (κ2) is 14.8. The number of anilines is 2. The maximum Gasteiger partial charge on any atom is 0.305 e. The molecule has 1 amide bonds. The van der Waals surface area contributed by atoms with E-state index >= 15 is 0 Å². The summed E-state index contributed by atoms with van der Waals surface area (Å²) < 4.78 is 17.0. The van der Waals surface area contributed by atoms with Gasteiger partial charge in [0.1, 0.15) is 18.1 Å². The van der Waals surface area contributed by atoms with Crippen molar-refractivity contribution in [2.75, 3.05) is 37.5 Å². The molecule has 0 aromatic heterocycles. The average molecular weight is 533 g/mol. The van der Waals surface area contributed by atoms with Gasteiger partial charge in [0.2, 0.25) is 0 Å². The molecule has 3 rings (SSSR count). The second-order valence-corrected chi connectivity index (χ2v) is 9.77. The first-order chi connectivity index (χ1) is 18.8. The van der Waals surface area contributed by atoms with Crippen LogP contribution in [0.3, 0.4) is 0 Å². The molecule has 0 aliphatic rings.